The van der Waals surface area contributed by atoms with Crippen molar-refractivity contribution in [1.29, 1.82) is 0 Å². The van der Waals surface area contributed by atoms with Crippen LogP contribution in [-0.2, 0) is 4.79 Å². The summed E-state index contributed by atoms with van der Waals surface area (Å²) in [5, 5.41) is 5.03. The van der Waals surface area contributed by atoms with Crippen molar-refractivity contribution in [2.24, 2.45) is 5.92 Å². The molecule has 1 saturated heterocycles. The molecule has 1 aliphatic heterocycles. The van der Waals surface area contributed by atoms with Gasteiger partial charge in [-0.05, 0) is 25.5 Å². The summed E-state index contributed by atoms with van der Waals surface area (Å²) in [5.74, 6) is -0.234. The number of benzene rings is 1. The summed E-state index contributed by atoms with van der Waals surface area (Å²) < 4.78 is 14.5. The lowest BCUT2D eigenvalue weighted by atomic mass is 10.1. The van der Waals surface area contributed by atoms with Gasteiger partial charge in [0.15, 0.2) is 0 Å². The topological polar surface area (TPSA) is 70.2 Å². The van der Waals surface area contributed by atoms with Crippen LogP contribution in [0.4, 0.5) is 16.2 Å². The molecule has 0 saturated carbocycles. The first-order chi connectivity index (χ1) is 12.8. The number of carbonyl (C=O) groups is 1. The molecule has 0 bridgehead atoms. The summed E-state index contributed by atoms with van der Waals surface area (Å²) in [7, 11) is 0. The minimum atomic E-state index is -0.518. The Morgan fingerprint density at radius 1 is 1.37 bits per heavy atom. The number of halogens is 3. The summed E-state index contributed by atoms with van der Waals surface area (Å²) in [6.07, 6.45) is 0.818. The molecular formula is C18H20Cl2FN5O. The van der Waals surface area contributed by atoms with Crippen molar-refractivity contribution in [2.75, 3.05) is 16.9 Å². The van der Waals surface area contributed by atoms with Gasteiger partial charge in [0.25, 0.3) is 0 Å². The molecule has 27 heavy (non-hydrogen) atoms. The van der Waals surface area contributed by atoms with Crippen LogP contribution in [0, 0.1) is 11.7 Å². The monoisotopic (exact) mass is 411 g/mol. The Hall–Kier alpha value is -2.12. The van der Waals surface area contributed by atoms with Gasteiger partial charge in [-0.15, -0.1) is 0 Å². The number of hydrazine groups is 1. The molecule has 0 spiro atoms. The van der Waals surface area contributed by atoms with Gasteiger partial charge < -0.3 is 5.32 Å². The average Bonchev–Trinajstić information content (AvgIpc) is 2.95. The van der Waals surface area contributed by atoms with E-state index in [1.54, 1.807) is 6.07 Å². The maximum Gasteiger partial charge on any atom is 0.247 e. The van der Waals surface area contributed by atoms with Crippen LogP contribution >= 0.6 is 23.2 Å². The summed E-state index contributed by atoms with van der Waals surface area (Å²) in [6.45, 7) is 6.21. The molecular weight excluding hydrogens is 392 g/mol. The Labute approximate surface area is 167 Å². The van der Waals surface area contributed by atoms with Crippen molar-refractivity contribution >= 4 is 40.9 Å². The Morgan fingerprint density at radius 2 is 2.11 bits per heavy atom. The van der Waals surface area contributed by atoms with E-state index in [1.165, 1.54) is 17.1 Å². The van der Waals surface area contributed by atoms with Crippen molar-refractivity contribution in [2.45, 2.75) is 33.2 Å². The molecule has 2 unspecified atom stereocenters. The lowest BCUT2D eigenvalue weighted by Crippen LogP contribution is -2.34. The Kier molecular flexibility index (Phi) is 5.72. The standard InChI is InChI=1S/C18H20Cl2FN5O/c1-4-10(3)22-16-14(13-11(19)6-5-7-12(13)21)15(20)23-18(24-16)26-8-9(2)17(27)25-26/h5-7,9-10H,4,8H2,1-3H3,(H,25,27)(H,22,23,24). The third kappa shape index (κ3) is 3.94. The molecule has 0 aliphatic carbocycles. The SMILES string of the molecule is CCC(C)Nc1nc(N2CC(C)C(=O)N2)nc(Cl)c1-c1c(F)cccc1Cl. The van der Waals surface area contributed by atoms with Gasteiger partial charge in [0.05, 0.1) is 23.0 Å². The normalized spacial score (nSPS) is 17.8. The molecule has 0 radical (unpaired) electrons. The van der Waals surface area contributed by atoms with E-state index in [-0.39, 0.29) is 39.6 Å². The number of rotatable bonds is 5. The van der Waals surface area contributed by atoms with E-state index in [0.717, 1.165) is 6.42 Å². The fourth-order valence-electron chi connectivity index (χ4n) is 2.72. The molecule has 2 heterocycles. The zero-order valence-corrected chi connectivity index (χ0v) is 16.7. The molecule has 2 aromatic rings. The number of nitrogens with zero attached hydrogens (tertiary/aromatic N) is 3. The highest BCUT2D eigenvalue weighted by molar-refractivity contribution is 6.36. The first-order valence-electron chi connectivity index (χ1n) is 8.68. The first kappa shape index (κ1) is 19.6. The van der Waals surface area contributed by atoms with Crippen LogP contribution in [0.15, 0.2) is 18.2 Å². The smallest absolute Gasteiger partial charge is 0.247 e. The van der Waals surface area contributed by atoms with E-state index < -0.39 is 5.82 Å². The van der Waals surface area contributed by atoms with Crippen molar-refractivity contribution in [3.63, 3.8) is 0 Å². The summed E-state index contributed by atoms with van der Waals surface area (Å²) >= 11 is 12.7. The third-order valence-corrected chi connectivity index (χ3v) is 5.04. The van der Waals surface area contributed by atoms with E-state index >= 15 is 0 Å². The number of hydrogen-bond acceptors (Lipinski definition) is 5. The molecule has 9 heteroatoms. The second-order valence-corrected chi connectivity index (χ2v) is 7.34. The van der Waals surface area contributed by atoms with Gasteiger partial charge in [0, 0.05) is 11.6 Å². The average molecular weight is 412 g/mol. The molecule has 1 fully saturated rings. The first-order valence-corrected chi connectivity index (χ1v) is 9.43. The van der Waals surface area contributed by atoms with E-state index in [1.807, 2.05) is 20.8 Å². The number of amides is 1. The second-order valence-electron chi connectivity index (χ2n) is 6.58. The summed E-state index contributed by atoms with van der Waals surface area (Å²) in [6, 6.07) is 4.47. The van der Waals surface area contributed by atoms with Gasteiger partial charge >= 0.3 is 0 Å². The molecule has 1 amide bonds. The molecule has 1 aromatic heterocycles. The van der Waals surface area contributed by atoms with Crippen LogP contribution in [0.5, 0.6) is 0 Å². The molecule has 1 aliphatic rings. The Morgan fingerprint density at radius 3 is 2.70 bits per heavy atom. The van der Waals surface area contributed by atoms with Gasteiger partial charge in [-0.2, -0.15) is 9.97 Å². The predicted octanol–water partition coefficient (Wildman–Crippen LogP) is 4.29. The molecule has 3 rings (SSSR count). The van der Waals surface area contributed by atoms with E-state index in [9.17, 15) is 9.18 Å². The van der Waals surface area contributed by atoms with Gasteiger partial charge in [0.1, 0.15) is 16.8 Å². The van der Waals surface area contributed by atoms with Gasteiger partial charge in [-0.3, -0.25) is 15.2 Å². The Bertz CT molecular complexity index is 859. The van der Waals surface area contributed by atoms with E-state index in [0.29, 0.717) is 17.9 Å². The molecule has 2 N–H and O–H groups in total. The van der Waals surface area contributed by atoms with Crippen molar-refractivity contribution in [3.05, 3.63) is 34.2 Å². The van der Waals surface area contributed by atoms with Gasteiger partial charge in [-0.25, -0.2) is 4.39 Å². The largest absolute Gasteiger partial charge is 0.367 e. The molecule has 144 valence electrons. The lowest BCUT2D eigenvalue weighted by Gasteiger charge is -2.21. The second kappa shape index (κ2) is 7.86. The minimum absolute atomic E-state index is 0.0478. The summed E-state index contributed by atoms with van der Waals surface area (Å²) in [4.78, 5) is 20.6. The van der Waals surface area contributed by atoms with Crippen molar-refractivity contribution in [1.82, 2.24) is 15.4 Å². The van der Waals surface area contributed by atoms with Gasteiger partial charge in [-0.1, -0.05) is 43.1 Å². The highest BCUT2D eigenvalue weighted by Gasteiger charge is 2.30. The van der Waals surface area contributed by atoms with E-state index in [2.05, 4.69) is 20.7 Å². The van der Waals surface area contributed by atoms with Crippen molar-refractivity contribution in [3.8, 4) is 11.1 Å². The lowest BCUT2D eigenvalue weighted by molar-refractivity contribution is -0.121. The third-order valence-electron chi connectivity index (χ3n) is 4.45. The molecule has 1 aromatic carbocycles. The van der Waals surface area contributed by atoms with Crippen LogP contribution in [0.2, 0.25) is 10.2 Å². The molecule has 6 nitrogen and oxygen atoms in total. The van der Waals surface area contributed by atoms with Crippen LogP contribution < -0.4 is 15.8 Å². The van der Waals surface area contributed by atoms with Crippen LogP contribution in [0.1, 0.15) is 27.2 Å². The summed E-state index contributed by atoms with van der Waals surface area (Å²) in [5.41, 5.74) is 3.14. The maximum absolute atomic E-state index is 14.5. The van der Waals surface area contributed by atoms with Crippen LogP contribution in [-0.4, -0.2) is 28.5 Å². The number of hydrogen-bond donors (Lipinski definition) is 2. The highest BCUT2D eigenvalue weighted by Crippen LogP contribution is 2.40. The maximum atomic E-state index is 14.5. The number of anilines is 2. The zero-order chi connectivity index (χ0) is 19.7. The van der Waals surface area contributed by atoms with Crippen molar-refractivity contribution < 1.29 is 9.18 Å². The minimum Gasteiger partial charge on any atom is -0.367 e. The van der Waals surface area contributed by atoms with Crippen LogP contribution in [0.3, 0.4) is 0 Å². The fraction of sp³-hybridized carbons (Fsp3) is 0.389. The number of nitrogens with one attached hydrogen (secondary N) is 2. The molecule has 2 atom stereocenters. The van der Waals surface area contributed by atoms with E-state index in [4.69, 9.17) is 23.2 Å². The highest BCUT2D eigenvalue weighted by atomic mass is 35.5. The van der Waals surface area contributed by atoms with Crippen LogP contribution in [0.25, 0.3) is 11.1 Å². The quantitative estimate of drug-likeness (QED) is 0.718. The number of carbonyl (C=O) groups excluding carboxylic acids is 1. The fourth-order valence-corrected chi connectivity index (χ4v) is 3.24. The zero-order valence-electron chi connectivity index (χ0n) is 15.2. The Balaban J connectivity index is 2.14. The number of aromatic nitrogens is 2. The van der Waals surface area contributed by atoms with Gasteiger partial charge in [0.2, 0.25) is 11.9 Å². The predicted molar refractivity (Wildman–Crippen MR) is 105 cm³/mol.